The lowest BCUT2D eigenvalue weighted by Crippen LogP contribution is -2.36. The molecular weight excluding hydrogens is 414 g/mol. The molecule has 3 heterocycles. The molecule has 1 aromatic heterocycles. The molecule has 0 unspecified atom stereocenters. The number of carbonyl (C=O) groups excluding carboxylic acids is 2. The number of methoxy groups -OCH3 is 1. The zero-order chi connectivity index (χ0) is 22.8. The number of benzene rings is 1. The van der Waals surface area contributed by atoms with E-state index < -0.39 is 0 Å². The number of carbonyl (C=O) groups is 2. The summed E-state index contributed by atoms with van der Waals surface area (Å²) in [4.78, 5) is 34.6. The molecule has 1 aromatic carbocycles. The molecule has 0 saturated carbocycles. The summed E-state index contributed by atoms with van der Waals surface area (Å²) in [6.45, 7) is 3.22. The molecular formula is C27H31N3O3. The molecule has 1 fully saturated rings. The molecule has 3 aliphatic rings. The van der Waals surface area contributed by atoms with Crippen LogP contribution in [0, 0.1) is 0 Å². The topological polar surface area (TPSA) is 62.7 Å². The number of pyridine rings is 1. The predicted octanol–water partition coefficient (Wildman–Crippen LogP) is 4.80. The number of amides is 1. The predicted molar refractivity (Wildman–Crippen MR) is 129 cm³/mol. The van der Waals surface area contributed by atoms with Crippen molar-refractivity contribution in [3.63, 3.8) is 0 Å². The number of aryl methyl sites for hydroxylation is 1. The maximum absolute atomic E-state index is 12.9. The van der Waals surface area contributed by atoms with Gasteiger partial charge < -0.3 is 14.5 Å². The molecule has 1 amide bonds. The van der Waals surface area contributed by atoms with Gasteiger partial charge >= 0.3 is 0 Å². The molecule has 6 nitrogen and oxygen atoms in total. The molecule has 172 valence electrons. The third-order valence-corrected chi connectivity index (χ3v) is 6.92. The number of likely N-dealkylation sites (tertiary alicyclic amines) is 1. The van der Waals surface area contributed by atoms with Crippen LogP contribution in [0.3, 0.4) is 0 Å². The van der Waals surface area contributed by atoms with E-state index in [0.29, 0.717) is 12.2 Å². The van der Waals surface area contributed by atoms with Crippen LogP contribution in [0.5, 0.6) is 0 Å². The number of fused-ring (bicyclic) bond motifs is 2. The lowest BCUT2D eigenvalue weighted by atomic mass is 10.0. The number of ketones is 1. The highest BCUT2D eigenvalue weighted by Crippen LogP contribution is 2.36. The Kier molecular flexibility index (Phi) is 6.27. The van der Waals surface area contributed by atoms with Crippen LogP contribution >= 0.6 is 0 Å². The number of Topliss-reactive ketones (excluding diaryl/α,β-unsaturated/α-hetero) is 1. The van der Waals surface area contributed by atoms with Gasteiger partial charge in [0.1, 0.15) is 5.82 Å². The van der Waals surface area contributed by atoms with Crippen LogP contribution < -0.4 is 4.90 Å². The van der Waals surface area contributed by atoms with Crippen molar-refractivity contribution in [1.29, 1.82) is 0 Å². The fourth-order valence-corrected chi connectivity index (χ4v) is 5.17. The molecule has 2 aromatic rings. The number of piperidine rings is 1. The molecule has 1 saturated heterocycles. The third-order valence-electron chi connectivity index (χ3n) is 6.92. The first-order chi connectivity index (χ1) is 16.2. The minimum atomic E-state index is 0.101. The summed E-state index contributed by atoms with van der Waals surface area (Å²) in [6.07, 6.45) is 10.6. The van der Waals surface area contributed by atoms with Gasteiger partial charge in [0, 0.05) is 56.4 Å². The van der Waals surface area contributed by atoms with Crippen LogP contribution in [-0.2, 0) is 11.2 Å². The standard InChI is InChI=1S/C27H31N3O3/c1-33-14-6-8-19-15-21-17-23(9-10-24(21)25(19)31)30-13-5-7-20-16-22(18-28-26(20)30)27(32)29-11-3-2-4-12-29/h9-10,15-18H,2-8,11-14H2,1H3. The monoisotopic (exact) mass is 445 g/mol. The van der Waals surface area contributed by atoms with Crippen LogP contribution in [0.15, 0.2) is 36.0 Å². The second kappa shape index (κ2) is 9.48. The first kappa shape index (κ1) is 21.8. The van der Waals surface area contributed by atoms with Gasteiger partial charge in [0.25, 0.3) is 5.91 Å². The van der Waals surface area contributed by atoms with Crippen molar-refractivity contribution in [2.24, 2.45) is 0 Å². The number of ether oxygens (including phenoxy) is 1. The second-order valence-electron chi connectivity index (χ2n) is 9.18. The van der Waals surface area contributed by atoms with Gasteiger partial charge in [-0.05, 0) is 86.4 Å². The largest absolute Gasteiger partial charge is 0.385 e. The Morgan fingerprint density at radius 1 is 1.09 bits per heavy atom. The average molecular weight is 446 g/mol. The minimum absolute atomic E-state index is 0.101. The van der Waals surface area contributed by atoms with E-state index in [2.05, 4.69) is 11.0 Å². The zero-order valence-electron chi connectivity index (χ0n) is 19.3. The summed E-state index contributed by atoms with van der Waals surface area (Å²) in [5.74, 6) is 1.15. The van der Waals surface area contributed by atoms with Crippen LogP contribution in [0.1, 0.15) is 70.4 Å². The summed E-state index contributed by atoms with van der Waals surface area (Å²) < 4.78 is 5.13. The van der Waals surface area contributed by atoms with Crippen molar-refractivity contribution in [1.82, 2.24) is 9.88 Å². The number of hydrogen-bond acceptors (Lipinski definition) is 5. The van der Waals surface area contributed by atoms with Crippen molar-refractivity contribution >= 4 is 29.3 Å². The van der Waals surface area contributed by atoms with E-state index in [9.17, 15) is 9.59 Å². The quantitative estimate of drug-likeness (QED) is 0.598. The highest BCUT2D eigenvalue weighted by molar-refractivity contribution is 6.18. The molecule has 0 spiro atoms. The number of aromatic nitrogens is 1. The van der Waals surface area contributed by atoms with Crippen molar-refractivity contribution < 1.29 is 14.3 Å². The van der Waals surface area contributed by atoms with E-state index in [0.717, 1.165) is 91.9 Å². The van der Waals surface area contributed by atoms with Gasteiger partial charge in [0.15, 0.2) is 5.78 Å². The highest BCUT2D eigenvalue weighted by atomic mass is 16.5. The fraction of sp³-hybridized carbons (Fsp3) is 0.444. The zero-order valence-corrected chi connectivity index (χ0v) is 19.3. The lowest BCUT2D eigenvalue weighted by molar-refractivity contribution is 0.0723. The normalized spacial score (nSPS) is 17.6. The second-order valence-corrected chi connectivity index (χ2v) is 9.18. The van der Waals surface area contributed by atoms with E-state index in [1.807, 2.05) is 29.2 Å². The Morgan fingerprint density at radius 2 is 1.94 bits per heavy atom. The van der Waals surface area contributed by atoms with Crippen molar-refractivity contribution in [2.75, 3.05) is 38.3 Å². The number of nitrogens with zero attached hydrogens (tertiary/aromatic N) is 3. The Labute approximate surface area is 195 Å². The Morgan fingerprint density at radius 3 is 2.76 bits per heavy atom. The molecule has 1 aliphatic carbocycles. The first-order valence-corrected chi connectivity index (χ1v) is 12.1. The highest BCUT2D eigenvalue weighted by Gasteiger charge is 2.26. The number of rotatable bonds is 6. The minimum Gasteiger partial charge on any atom is -0.385 e. The Bertz CT molecular complexity index is 1100. The van der Waals surface area contributed by atoms with Crippen LogP contribution in [0.25, 0.3) is 6.08 Å². The van der Waals surface area contributed by atoms with Gasteiger partial charge in [-0.2, -0.15) is 0 Å². The van der Waals surface area contributed by atoms with Gasteiger partial charge in [-0.1, -0.05) is 0 Å². The maximum Gasteiger partial charge on any atom is 0.255 e. The van der Waals surface area contributed by atoms with E-state index in [1.54, 1.807) is 13.3 Å². The Balaban J connectivity index is 1.38. The first-order valence-electron chi connectivity index (χ1n) is 12.1. The molecule has 2 aliphatic heterocycles. The summed E-state index contributed by atoms with van der Waals surface area (Å²) in [5, 5.41) is 0. The number of hydrogen-bond donors (Lipinski definition) is 0. The van der Waals surface area contributed by atoms with Crippen molar-refractivity contribution in [3.05, 3.63) is 58.3 Å². The van der Waals surface area contributed by atoms with Crippen molar-refractivity contribution in [3.8, 4) is 0 Å². The molecule has 5 rings (SSSR count). The smallest absolute Gasteiger partial charge is 0.255 e. The number of allylic oxidation sites excluding steroid dienone is 1. The van der Waals surface area contributed by atoms with E-state index in [-0.39, 0.29) is 11.7 Å². The molecule has 33 heavy (non-hydrogen) atoms. The molecule has 0 atom stereocenters. The van der Waals surface area contributed by atoms with Gasteiger partial charge in [-0.3, -0.25) is 9.59 Å². The fourth-order valence-electron chi connectivity index (χ4n) is 5.17. The average Bonchev–Trinajstić information content (AvgIpc) is 3.18. The molecule has 0 N–H and O–H groups in total. The summed E-state index contributed by atoms with van der Waals surface area (Å²) in [6, 6.07) is 8.10. The maximum atomic E-state index is 12.9. The van der Waals surface area contributed by atoms with Crippen LogP contribution in [0.2, 0.25) is 0 Å². The molecule has 0 radical (unpaired) electrons. The van der Waals surface area contributed by atoms with Gasteiger partial charge in [0.05, 0.1) is 5.56 Å². The van der Waals surface area contributed by atoms with E-state index in [1.165, 1.54) is 6.42 Å². The summed E-state index contributed by atoms with van der Waals surface area (Å²) >= 11 is 0. The SMILES string of the molecule is COCCCC1=Cc2cc(N3CCCc4cc(C(=O)N5CCCCC5)cnc43)ccc2C1=O. The third kappa shape index (κ3) is 4.32. The van der Waals surface area contributed by atoms with Crippen molar-refractivity contribution in [2.45, 2.75) is 44.9 Å². The van der Waals surface area contributed by atoms with Crippen LogP contribution in [0.4, 0.5) is 11.5 Å². The van der Waals surface area contributed by atoms with Gasteiger partial charge in [-0.15, -0.1) is 0 Å². The summed E-state index contributed by atoms with van der Waals surface area (Å²) in [5.41, 5.74) is 5.47. The van der Waals surface area contributed by atoms with Crippen LogP contribution in [-0.4, -0.2) is 54.9 Å². The summed E-state index contributed by atoms with van der Waals surface area (Å²) in [7, 11) is 1.68. The lowest BCUT2D eigenvalue weighted by Gasteiger charge is -2.31. The molecule has 0 bridgehead atoms. The van der Waals surface area contributed by atoms with Gasteiger partial charge in [-0.25, -0.2) is 4.98 Å². The van der Waals surface area contributed by atoms with E-state index in [4.69, 9.17) is 9.72 Å². The molecule has 6 heteroatoms. The van der Waals surface area contributed by atoms with Gasteiger partial charge in [0.2, 0.25) is 0 Å². The van der Waals surface area contributed by atoms with E-state index >= 15 is 0 Å². The number of anilines is 2. The Hall–Kier alpha value is -2.99.